The van der Waals surface area contributed by atoms with Crippen molar-refractivity contribution in [2.75, 3.05) is 25.3 Å². The van der Waals surface area contributed by atoms with E-state index in [1.807, 2.05) is 31.2 Å². The van der Waals surface area contributed by atoms with Crippen LogP contribution < -0.4 is 14.8 Å². The summed E-state index contributed by atoms with van der Waals surface area (Å²) in [5.74, 6) is 0.744. The van der Waals surface area contributed by atoms with Crippen LogP contribution in [0.5, 0.6) is 11.5 Å². The fraction of sp³-hybridized carbons (Fsp3) is 0.222. The molecule has 0 unspecified atom stereocenters. The summed E-state index contributed by atoms with van der Waals surface area (Å²) >= 11 is 7.31. The molecule has 8 nitrogen and oxygen atoms in total. The first-order valence-corrected chi connectivity index (χ1v) is 9.57. The van der Waals surface area contributed by atoms with Crippen molar-refractivity contribution in [3.05, 3.63) is 47.0 Å². The van der Waals surface area contributed by atoms with E-state index in [1.165, 1.54) is 26.0 Å². The maximum Gasteiger partial charge on any atom is 0.234 e. The van der Waals surface area contributed by atoms with E-state index in [0.717, 1.165) is 11.3 Å². The van der Waals surface area contributed by atoms with Gasteiger partial charge in [-0.2, -0.15) is 4.68 Å². The number of thioether (sulfide) groups is 1. The van der Waals surface area contributed by atoms with Gasteiger partial charge in [-0.3, -0.25) is 4.79 Å². The molecule has 1 aromatic heterocycles. The van der Waals surface area contributed by atoms with Gasteiger partial charge in [0.05, 0.1) is 36.4 Å². The first-order chi connectivity index (χ1) is 13.5. The second kappa shape index (κ2) is 8.94. The van der Waals surface area contributed by atoms with Gasteiger partial charge in [0, 0.05) is 12.1 Å². The normalized spacial score (nSPS) is 10.6. The monoisotopic (exact) mass is 419 g/mol. The van der Waals surface area contributed by atoms with Gasteiger partial charge in [0.25, 0.3) is 0 Å². The Hall–Kier alpha value is -2.78. The summed E-state index contributed by atoms with van der Waals surface area (Å²) in [4.78, 5) is 12.4. The molecule has 1 N–H and O–H groups in total. The van der Waals surface area contributed by atoms with Crippen LogP contribution in [0.4, 0.5) is 5.69 Å². The number of amides is 1. The summed E-state index contributed by atoms with van der Waals surface area (Å²) in [6.07, 6.45) is 0. The number of rotatable bonds is 7. The number of benzene rings is 2. The van der Waals surface area contributed by atoms with Crippen molar-refractivity contribution in [1.82, 2.24) is 20.2 Å². The molecule has 28 heavy (non-hydrogen) atoms. The minimum atomic E-state index is -0.244. The van der Waals surface area contributed by atoms with Crippen molar-refractivity contribution in [2.24, 2.45) is 0 Å². The number of methoxy groups -OCH3 is 2. The lowest BCUT2D eigenvalue weighted by Crippen LogP contribution is -2.15. The lowest BCUT2D eigenvalue weighted by atomic mass is 10.2. The number of halogens is 1. The summed E-state index contributed by atoms with van der Waals surface area (Å²) in [5.41, 5.74) is 2.42. The second-order valence-electron chi connectivity index (χ2n) is 5.73. The minimum absolute atomic E-state index is 0.111. The SMILES string of the molecule is COc1cc(NC(=O)CSc2nnnn2-c2ccc(C)cc2)c(OC)cc1Cl. The Morgan fingerprint density at radius 1 is 1.18 bits per heavy atom. The fourth-order valence-corrected chi connectivity index (χ4v) is 3.31. The van der Waals surface area contributed by atoms with Crippen LogP contribution in [0.1, 0.15) is 5.56 Å². The molecule has 0 saturated carbocycles. The molecule has 0 bridgehead atoms. The third kappa shape index (κ3) is 4.55. The molecule has 0 aliphatic heterocycles. The van der Waals surface area contributed by atoms with Crippen LogP contribution in [0.2, 0.25) is 5.02 Å². The molecule has 0 atom stereocenters. The molecular weight excluding hydrogens is 402 g/mol. The standard InChI is InChI=1S/C18H18ClN5O3S/c1-11-4-6-12(7-5-11)24-18(21-22-23-24)28-10-17(25)20-14-9-15(26-2)13(19)8-16(14)27-3/h4-9H,10H2,1-3H3,(H,20,25). The zero-order valence-corrected chi connectivity index (χ0v) is 17.0. The van der Waals surface area contributed by atoms with Gasteiger partial charge >= 0.3 is 0 Å². The average molecular weight is 420 g/mol. The molecule has 0 spiro atoms. The highest BCUT2D eigenvalue weighted by molar-refractivity contribution is 7.99. The van der Waals surface area contributed by atoms with E-state index in [-0.39, 0.29) is 11.7 Å². The van der Waals surface area contributed by atoms with E-state index >= 15 is 0 Å². The molecule has 0 saturated heterocycles. The number of nitrogens with zero attached hydrogens (tertiary/aromatic N) is 4. The molecule has 0 radical (unpaired) electrons. The zero-order chi connectivity index (χ0) is 20.1. The molecule has 0 fully saturated rings. The van der Waals surface area contributed by atoms with Crippen molar-refractivity contribution in [3.63, 3.8) is 0 Å². The number of ether oxygens (including phenoxy) is 2. The Bertz CT molecular complexity index is 978. The Kier molecular flexibility index (Phi) is 6.37. The third-order valence-electron chi connectivity index (χ3n) is 3.80. The molecular formula is C18H18ClN5O3S. The number of hydrogen-bond donors (Lipinski definition) is 1. The lowest BCUT2D eigenvalue weighted by Gasteiger charge is -2.13. The number of nitrogens with one attached hydrogen (secondary N) is 1. The van der Waals surface area contributed by atoms with Crippen molar-refractivity contribution < 1.29 is 14.3 Å². The van der Waals surface area contributed by atoms with E-state index in [1.54, 1.807) is 16.8 Å². The number of tetrazole rings is 1. The molecule has 0 aliphatic rings. The number of hydrogen-bond acceptors (Lipinski definition) is 7. The molecule has 0 aliphatic carbocycles. The Labute approximate surface area is 171 Å². The first-order valence-electron chi connectivity index (χ1n) is 8.21. The highest BCUT2D eigenvalue weighted by atomic mass is 35.5. The van der Waals surface area contributed by atoms with Crippen LogP contribution in [0, 0.1) is 6.92 Å². The van der Waals surface area contributed by atoms with E-state index in [4.69, 9.17) is 21.1 Å². The van der Waals surface area contributed by atoms with Gasteiger partial charge in [-0.25, -0.2) is 0 Å². The fourth-order valence-electron chi connectivity index (χ4n) is 2.39. The summed E-state index contributed by atoms with van der Waals surface area (Å²) in [6, 6.07) is 11.0. The number of aromatic nitrogens is 4. The summed E-state index contributed by atoms with van der Waals surface area (Å²) in [7, 11) is 3.00. The molecule has 1 heterocycles. The van der Waals surface area contributed by atoms with E-state index in [2.05, 4.69) is 20.8 Å². The summed E-state index contributed by atoms with van der Waals surface area (Å²) in [6.45, 7) is 2.00. The predicted octanol–water partition coefficient (Wildman–Crippen LogP) is 3.37. The van der Waals surface area contributed by atoms with Crippen molar-refractivity contribution in [1.29, 1.82) is 0 Å². The molecule has 2 aromatic carbocycles. The van der Waals surface area contributed by atoms with Crippen LogP contribution in [0.25, 0.3) is 5.69 Å². The number of carbonyl (C=O) groups is 1. The van der Waals surface area contributed by atoms with E-state index in [9.17, 15) is 4.79 Å². The largest absolute Gasteiger partial charge is 0.495 e. The smallest absolute Gasteiger partial charge is 0.234 e. The maximum absolute atomic E-state index is 12.4. The number of carbonyl (C=O) groups excluding carboxylic acids is 1. The van der Waals surface area contributed by atoms with Gasteiger partial charge in [-0.1, -0.05) is 41.1 Å². The highest BCUT2D eigenvalue weighted by Gasteiger charge is 2.15. The number of aryl methyl sites for hydroxylation is 1. The van der Waals surface area contributed by atoms with E-state index < -0.39 is 0 Å². The van der Waals surface area contributed by atoms with E-state index in [0.29, 0.717) is 27.4 Å². The Balaban J connectivity index is 1.69. The molecule has 1 amide bonds. The van der Waals surface area contributed by atoms with Gasteiger partial charge in [0.2, 0.25) is 11.1 Å². The van der Waals surface area contributed by atoms with Gasteiger partial charge < -0.3 is 14.8 Å². The van der Waals surface area contributed by atoms with Gasteiger partial charge in [-0.05, 0) is 29.5 Å². The topological polar surface area (TPSA) is 91.2 Å². The molecule has 3 aromatic rings. The van der Waals surface area contributed by atoms with Crippen LogP contribution in [0.15, 0.2) is 41.6 Å². The lowest BCUT2D eigenvalue weighted by molar-refractivity contribution is -0.113. The Morgan fingerprint density at radius 2 is 1.89 bits per heavy atom. The van der Waals surface area contributed by atoms with Crippen molar-refractivity contribution >= 4 is 35.0 Å². The first kappa shape index (κ1) is 20.0. The van der Waals surface area contributed by atoms with Gasteiger partial charge in [-0.15, -0.1) is 5.10 Å². The van der Waals surface area contributed by atoms with Crippen molar-refractivity contribution in [2.45, 2.75) is 12.1 Å². The minimum Gasteiger partial charge on any atom is -0.495 e. The Morgan fingerprint density at radius 3 is 2.57 bits per heavy atom. The van der Waals surface area contributed by atoms with Gasteiger partial charge in [0.1, 0.15) is 11.5 Å². The molecule has 3 rings (SSSR count). The van der Waals surface area contributed by atoms with Crippen LogP contribution in [-0.4, -0.2) is 46.1 Å². The van der Waals surface area contributed by atoms with Gasteiger partial charge in [0.15, 0.2) is 0 Å². The zero-order valence-electron chi connectivity index (χ0n) is 15.5. The molecule has 10 heteroatoms. The predicted molar refractivity (Wildman–Crippen MR) is 108 cm³/mol. The summed E-state index contributed by atoms with van der Waals surface area (Å²) < 4.78 is 12.0. The number of anilines is 1. The quantitative estimate of drug-likeness (QED) is 0.587. The maximum atomic E-state index is 12.4. The van der Waals surface area contributed by atoms with Crippen LogP contribution in [0.3, 0.4) is 0 Å². The molecule has 146 valence electrons. The summed E-state index contributed by atoms with van der Waals surface area (Å²) in [5, 5.41) is 15.4. The second-order valence-corrected chi connectivity index (χ2v) is 7.08. The highest BCUT2D eigenvalue weighted by Crippen LogP contribution is 2.36. The third-order valence-corrected chi connectivity index (χ3v) is 5.01. The average Bonchev–Trinajstić information content (AvgIpc) is 3.16. The van der Waals surface area contributed by atoms with Crippen LogP contribution in [-0.2, 0) is 4.79 Å². The van der Waals surface area contributed by atoms with Crippen molar-refractivity contribution in [3.8, 4) is 17.2 Å². The van der Waals surface area contributed by atoms with Crippen LogP contribution >= 0.6 is 23.4 Å².